The van der Waals surface area contributed by atoms with Gasteiger partial charge in [-0.05, 0) is 87.1 Å². The third kappa shape index (κ3) is 5.72. The Morgan fingerprint density at radius 3 is 2.65 bits per heavy atom. The summed E-state index contributed by atoms with van der Waals surface area (Å²) in [7, 11) is 0. The molecule has 2 amide bonds. The highest BCUT2D eigenvalue weighted by Gasteiger charge is 2.34. The molecule has 0 saturated carbocycles. The number of aryl methyl sites for hydroxylation is 1. The van der Waals surface area contributed by atoms with Crippen molar-refractivity contribution in [2.75, 3.05) is 23.7 Å². The van der Waals surface area contributed by atoms with Gasteiger partial charge in [-0.3, -0.25) is 14.5 Å². The molecule has 0 radical (unpaired) electrons. The first kappa shape index (κ1) is 24.9. The van der Waals surface area contributed by atoms with E-state index in [1.54, 1.807) is 11.3 Å². The van der Waals surface area contributed by atoms with Crippen LogP contribution in [0.1, 0.15) is 79.7 Å². The topological polar surface area (TPSA) is 61.4 Å². The Labute approximate surface area is 208 Å². The Hall–Kier alpha value is -2.18. The van der Waals surface area contributed by atoms with Gasteiger partial charge in [0.05, 0.1) is 12.1 Å². The molecular weight excluding hydrogens is 442 g/mol. The summed E-state index contributed by atoms with van der Waals surface area (Å²) in [6, 6.07) is 8.28. The van der Waals surface area contributed by atoms with Crippen molar-refractivity contribution in [2.45, 2.75) is 79.2 Å². The van der Waals surface area contributed by atoms with E-state index in [0.717, 1.165) is 55.5 Å². The Balaban J connectivity index is 1.59. The highest BCUT2D eigenvalue weighted by atomic mass is 32.1. The van der Waals surface area contributed by atoms with Gasteiger partial charge in [-0.15, -0.1) is 11.3 Å². The first-order valence-electron chi connectivity index (χ1n) is 12.7. The summed E-state index contributed by atoms with van der Waals surface area (Å²) in [5.41, 5.74) is 3.89. The summed E-state index contributed by atoms with van der Waals surface area (Å²) >= 11 is 1.60. The minimum absolute atomic E-state index is 0.0238. The van der Waals surface area contributed by atoms with E-state index in [9.17, 15) is 9.59 Å². The molecule has 2 atom stereocenters. The minimum Gasteiger partial charge on any atom is -0.322 e. The van der Waals surface area contributed by atoms with E-state index < -0.39 is 0 Å². The summed E-state index contributed by atoms with van der Waals surface area (Å²) in [6.07, 6.45) is 6.42. The van der Waals surface area contributed by atoms with Gasteiger partial charge >= 0.3 is 0 Å². The third-order valence-corrected chi connectivity index (χ3v) is 8.70. The zero-order valence-electron chi connectivity index (χ0n) is 21.3. The second kappa shape index (κ2) is 10.2. The highest BCUT2D eigenvalue weighted by molar-refractivity contribution is 7.17. The average molecular weight is 482 g/mol. The molecular formula is C28H39N3O2S. The van der Waals surface area contributed by atoms with Crippen LogP contribution < -0.4 is 10.6 Å². The van der Waals surface area contributed by atoms with Crippen LogP contribution in [-0.2, 0) is 17.6 Å². The van der Waals surface area contributed by atoms with Gasteiger partial charge in [-0.1, -0.05) is 39.3 Å². The molecule has 4 rings (SSSR count). The van der Waals surface area contributed by atoms with E-state index in [-0.39, 0.29) is 17.2 Å². The summed E-state index contributed by atoms with van der Waals surface area (Å²) in [6.45, 7) is 12.4. The van der Waals surface area contributed by atoms with Crippen molar-refractivity contribution < 1.29 is 9.59 Å². The van der Waals surface area contributed by atoms with Gasteiger partial charge in [0.2, 0.25) is 5.91 Å². The number of fused-ring (bicyclic) bond motifs is 1. The lowest BCUT2D eigenvalue weighted by Crippen LogP contribution is -2.42. The van der Waals surface area contributed by atoms with Gasteiger partial charge in [0.1, 0.15) is 5.00 Å². The molecule has 1 aromatic carbocycles. The normalized spacial score (nSPS) is 21.1. The van der Waals surface area contributed by atoms with Crippen LogP contribution in [0.4, 0.5) is 10.7 Å². The molecule has 1 aliphatic heterocycles. The van der Waals surface area contributed by atoms with E-state index >= 15 is 0 Å². The molecule has 2 aromatic rings. The SMILES string of the molecule is Cc1cccc(NC(=O)c2c(NC(=O)CN3CCCC[C@@H]3C)sc3c2CC[C@@H](C(C)(C)C)C3)c1. The Kier molecular flexibility index (Phi) is 7.48. The number of nitrogens with zero attached hydrogens (tertiary/aromatic N) is 1. The van der Waals surface area contributed by atoms with Crippen molar-refractivity contribution in [3.63, 3.8) is 0 Å². The summed E-state index contributed by atoms with van der Waals surface area (Å²) in [5.74, 6) is 0.423. The second-order valence-corrected chi connectivity index (χ2v) is 12.3. The number of amides is 2. The van der Waals surface area contributed by atoms with E-state index in [0.29, 0.717) is 29.1 Å². The van der Waals surface area contributed by atoms with E-state index in [2.05, 4.69) is 43.2 Å². The Bertz CT molecular complexity index is 1050. The first-order valence-corrected chi connectivity index (χ1v) is 13.5. The molecule has 2 aliphatic rings. The van der Waals surface area contributed by atoms with Crippen LogP contribution in [0.15, 0.2) is 24.3 Å². The van der Waals surface area contributed by atoms with E-state index in [1.165, 1.54) is 11.3 Å². The number of benzene rings is 1. The molecule has 34 heavy (non-hydrogen) atoms. The number of carbonyl (C=O) groups is 2. The zero-order valence-corrected chi connectivity index (χ0v) is 22.1. The zero-order chi connectivity index (χ0) is 24.5. The number of anilines is 2. The maximum atomic E-state index is 13.5. The highest BCUT2D eigenvalue weighted by Crippen LogP contribution is 2.44. The van der Waals surface area contributed by atoms with Crippen molar-refractivity contribution in [1.29, 1.82) is 0 Å². The number of hydrogen-bond donors (Lipinski definition) is 2. The van der Waals surface area contributed by atoms with Crippen LogP contribution in [0, 0.1) is 18.3 Å². The van der Waals surface area contributed by atoms with Crippen LogP contribution in [0.2, 0.25) is 0 Å². The van der Waals surface area contributed by atoms with Crippen LogP contribution in [0.5, 0.6) is 0 Å². The first-order chi connectivity index (χ1) is 16.1. The van der Waals surface area contributed by atoms with Gasteiger partial charge in [0, 0.05) is 16.6 Å². The lowest BCUT2D eigenvalue weighted by Gasteiger charge is -2.33. The third-order valence-electron chi connectivity index (χ3n) is 7.53. The average Bonchev–Trinajstić information content (AvgIpc) is 3.11. The molecule has 1 aromatic heterocycles. The quantitative estimate of drug-likeness (QED) is 0.529. The number of piperidine rings is 1. The molecule has 0 bridgehead atoms. The second-order valence-electron chi connectivity index (χ2n) is 11.2. The Morgan fingerprint density at radius 2 is 1.94 bits per heavy atom. The predicted octanol–water partition coefficient (Wildman–Crippen LogP) is 6.27. The molecule has 1 fully saturated rings. The summed E-state index contributed by atoms with van der Waals surface area (Å²) < 4.78 is 0. The van der Waals surface area contributed by atoms with Crippen molar-refractivity contribution in [2.24, 2.45) is 11.3 Å². The largest absolute Gasteiger partial charge is 0.322 e. The fraction of sp³-hybridized carbons (Fsp3) is 0.571. The van der Waals surface area contributed by atoms with Gasteiger partial charge in [0.15, 0.2) is 0 Å². The van der Waals surface area contributed by atoms with Crippen molar-refractivity contribution in [3.05, 3.63) is 45.8 Å². The van der Waals surface area contributed by atoms with Crippen LogP contribution in [0.3, 0.4) is 0 Å². The number of hydrogen-bond acceptors (Lipinski definition) is 4. The van der Waals surface area contributed by atoms with E-state index in [1.807, 2.05) is 31.2 Å². The van der Waals surface area contributed by atoms with Gasteiger partial charge in [-0.2, -0.15) is 0 Å². The van der Waals surface area contributed by atoms with Crippen molar-refractivity contribution >= 4 is 33.8 Å². The van der Waals surface area contributed by atoms with Crippen LogP contribution in [-0.4, -0.2) is 35.8 Å². The minimum atomic E-state index is -0.126. The summed E-state index contributed by atoms with van der Waals surface area (Å²) in [4.78, 5) is 30.1. The number of nitrogens with one attached hydrogen (secondary N) is 2. The maximum absolute atomic E-state index is 13.5. The molecule has 1 aliphatic carbocycles. The van der Waals surface area contributed by atoms with Crippen LogP contribution >= 0.6 is 11.3 Å². The molecule has 1 saturated heterocycles. The number of rotatable bonds is 5. The maximum Gasteiger partial charge on any atom is 0.258 e. The number of carbonyl (C=O) groups excluding carboxylic acids is 2. The van der Waals surface area contributed by atoms with Crippen LogP contribution in [0.25, 0.3) is 0 Å². The Morgan fingerprint density at radius 1 is 1.15 bits per heavy atom. The molecule has 2 heterocycles. The number of thiophene rings is 1. The van der Waals surface area contributed by atoms with Crippen molar-refractivity contribution in [1.82, 2.24) is 4.90 Å². The molecule has 184 valence electrons. The van der Waals surface area contributed by atoms with Gasteiger partial charge < -0.3 is 10.6 Å². The monoisotopic (exact) mass is 481 g/mol. The molecule has 2 N–H and O–H groups in total. The molecule has 6 heteroatoms. The molecule has 5 nitrogen and oxygen atoms in total. The van der Waals surface area contributed by atoms with Gasteiger partial charge in [-0.25, -0.2) is 0 Å². The summed E-state index contributed by atoms with van der Waals surface area (Å²) in [5, 5.41) is 6.94. The van der Waals surface area contributed by atoms with E-state index in [4.69, 9.17) is 0 Å². The lowest BCUT2D eigenvalue weighted by atomic mass is 9.72. The molecule has 0 spiro atoms. The number of likely N-dealkylation sites (tertiary alicyclic amines) is 1. The predicted molar refractivity (Wildman–Crippen MR) is 142 cm³/mol. The molecule has 0 unspecified atom stereocenters. The standard InChI is InChI=1S/C28H39N3O2S/c1-18-9-8-11-21(15-18)29-26(33)25-22-13-12-20(28(3,4)5)16-23(22)34-27(25)30-24(32)17-31-14-7-6-10-19(31)2/h8-9,11,15,19-20H,6-7,10,12-14,16-17H2,1-5H3,(H,29,33)(H,30,32)/t19-,20+/m0/s1. The lowest BCUT2D eigenvalue weighted by molar-refractivity contribution is -0.118. The van der Waals surface area contributed by atoms with Gasteiger partial charge in [0.25, 0.3) is 5.91 Å². The fourth-order valence-corrected chi connectivity index (χ4v) is 6.65. The van der Waals surface area contributed by atoms with Crippen molar-refractivity contribution in [3.8, 4) is 0 Å². The smallest absolute Gasteiger partial charge is 0.258 e. The fourth-order valence-electron chi connectivity index (χ4n) is 5.31.